The number of nitrogens with two attached hydrogens (primary N) is 1. The molecule has 17 heavy (non-hydrogen) atoms. The van der Waals surface area contributed by atoms with E-state index in [0.717, 1.165) is 17.3 Å². The molecule has 0 radical (unpaired) electrons. The Morgan fingerprint density at radius 2 is 2.06 bits per heavy atom. The number of rotatable bonds is 2. The lowest BCUT2D eigenvalue weighted by molar-refractivity contribution is -0.121. The second-order valence-corrected chi connectivity index (χ2v) is 5.39. The highest BCUT2D eigenvalue weighted by atomic mass is 79.9. The van der Waals surface area contributed by atoms with Gasteiger partial charge in [-0.3, -0.25) is 4.79 Å². The molecule has 1 aromatic rings. The topological polar surface area (TPSA) is 75.4 Å². The van der Waals surface area contributed by atoms with Crippen molar-refractivity contribution in [3.8, 4) is 5.75 Å². The summed E-state index contributed by atoms with van der Waals surface area (Å²) < 4.78 is 0.795. The van der Waals surface area contributed by atoms with Gasteiger partial charge in [0.15, 0.2) is 0 Å². The second-order valence-electron chi connectivity index (χ2n) is 4.48. The van der Waals surface area contributed by atoms with E-state index in [4.69, 9.17) is 5.73 Å². The Balaban J connectivity index is 2.15. The van der Waals surface area contributed by atoms with Crippen LogP contribution in [0.25, 0.3) is 0 Å². The summed E-state index contributed by atoms with van der Waals surface area (Å²) in [5.74, 6) is -0.174. The minimum absolute atomic E-state index is 0.0446. The van der Waals surface area contributed by atoms with Crippen molar-refractivity contribution in [3.63, 3.8) is 0 Å². The SMILES string of the molecule is NC1(C(=O)Nc2cc(Br)ccc2O)CCCC1. The summed E-state index contributed by atoms with van der Waals surface area (Å²) in [4.78, 5) is 12.0. The highest BCUT2D eigenvalue weighted by molar-refractivity contribution is 9.10. The fourth-order valence-corrected chi connectivity index (χ4v) is 2.45. The maximum atomic E-state index is 12.0. The molecule has 1 fully saturated rings. The quantitative estimate of drug-likeness (QED) is 0.734. The van der Waals surface area contributed by atoms with E-state index in [1.54, 1.807) is 12.1 Å². The van der Waals surface area contributed by atoms with Crippen LogP contribution in [0.15, 0.2) is 22.7 Å². The maximum Gasteiger partial charge on any atom is 0.244 e. The van der Waals surface area contributed by atoms with Crippen molar-refractivity contribution in [1.82, 2.24) is 0 Å². The van der Waals surface area contributed by atoms with Crippen LogP contribution in [0.2, 0.25) is 0 Å². The molecule has 0 aliphatic heterocycles. The molecule has 4 N–H and O–H groups in total. The fourth-order valence-electron chi connectivity index (χ4n) is 2.09. The molecule has 5 heteroatoms. The number of aromatic hydroxyl groups is 1. The molecule has 0 atom stereocenters. The van der Waals surface area contributed by atoms with Crippen molar-refractivity contribution in [2.75, 3.05) is 5.32 Å². The average Bonchev–Trinajstić information content (AvgIpc) is 2.72. The Hall–Kier alpha value is -1.07. The van der Waals surface area contributed by atoms with E-state index in [1.807, 2.05) is 0 Å². The number of benzene rings is 1. The molecule has 1 aliphatic carbocycles. The molecule has 92 valence electrons. The maximum absolute atomic E-state index is 12.0. The number of carbonyl (C=O) groups is 1. The first kappa shape index (κ1) is 12.4. The van der Waals surface area contributed by atoms with Gasteiger partial charge in [-0.2, -0.15) is 0 Å². The highest BCUT2D eigenvalue weighted by Crippen LogP contribution is 2.31. The average molecular weight is 299 g/mol. The summed E-state index contributed by atoms with van der Waals surface area (Å²) in [5.41, 5.74) is 5.64. The third-order valence-corrected chi connectivity index (χ3v) is 3.65. The van der Waals surface area contributed by atoms with Crippen LogP contribution < -0.4 is 11.1 Å². The monoisotopic (exact) mass is 298 g/mol. The summed E-state index contributed by atoms with van der Waals surface area (Å²) in [6, 6.07) is 4.89. The molecule has 1 saturated carbocycles. The second kappa shape index (κ2) is 4.66. The van der Waals surface area contributed by atoms with Crippen molar-refractivity contribution < 1.29 is 9.90 Å². The summed E-state index contributed by atoms with van der Waals surface area (Å²) in [5, 5.41) is 12.3. The van der Waals surface area contributed by atoms with Crippen molar-refractivity contribution in [1.29, 1.82) is 0 Å². The van der Waals surface area contributed by atoms with Crippen LogP contribution in [0.1, 0.15) is 25.7 Å². The molecular weight excluding hydrogens is 284 g/mol. The van der Waals surface area contributed by atoms with E-state index in [2.05, 4.69) is 21.2 Å². The standard InChI is InChI=1S/C12H15BrN2O2/c13-8-3-4-10(16)9(7-8)15-11(17)12(14)5-1-2-6-12/h3-4,7,16H,1-2,5-6,14H2,(H,15,17). The molecule has 0 spiro atoms. The van der Waals surface area contributed by atoms with Crippen molar-refractivity contribution in [3.05, 3.63) is 22.7 Å². The number of nitrogens with one attached hydrogen (secondary N) is 1. The number of hydrogen-bond donors (Lipinski definition) is 3. The van der Waals surface area contributed by atoms with E-state index in [-0.39, 0.29) is 11.7 Å². The van der Waals surface area contributed by atoms with Crippen molar-refractivity contribution >= 4 is 27.5 Å². The third kappa shape index (κ3) is 2.61. The first-order chi connectivity index (χ1) is 8.01. The van der Waals surface area contributed by atoms with Gasteiger partial charge in [0.05, 0.1) is 11.2 Å². The first-order valence-electron chi connectivity index (χ1n) is 5.60. The number of phenols is 1. The van der Waals surface area contributed by atoms with Crippen molar-refractivity contribution in [2.45, 2.75) is 31.2 Å². The van der Waals surface area contributed by atoms with Crippen LogP contribution in [0.5, 0.6) is 5.75 Å². The number of carbonyl (C=O) groups excluding carboxylic acids is 1. The Morgan fingerprint density at radius 3 is 2.71 bits per heavy atom. The number of hydrogen-bond acceptors (Lipinski definition) is 3. The predicted octanol–water partition coefficient (Wildman–Crippen LogP) is 2.36. The molecule has 0 saturated heterocycles. The molecule has 1 aromatic carbocycles. The van der Waals surface area contributed by atoms with Gasteiger partial charge < -0.3 is 16.2 Å². The molecule has 0 bridgehead atoms. The summed E-state index contributed by atoms with van der Waals surface area (Å²) in [6.45, 7) is 0. The molecule has 0 aromatic heterocycles. The van der Waals surface area contributed by atoms with Gasteiger partial charge in [0, 0.05) is 4.47 Å². The smallest absolute Gasteiger partial charge is 0.244 e. The zero-order chi connectivity index (χ0) is 12.5. The summed E-state index contributed by atoms with van der Waals surface area (Å²) >= 11 is 3.29. The van der Waals surface area contributed by atoms with Gasteiger partial charge in [-0.25, -0.2) is 0 Å². The van der Waals surface area contributed by atoms with Gasteiger partial charge in [-0.05, 0) is 31.0 Å². The normalized spacial score (nSPS) is 18.0. The van der Waals surface area contributed by atoms with Crippen LogP contribution in [0.3, 0.4) is 0 Å². The zero-order valence-corrected chi connectivity index (χ0v) is 11.0. The molecule has 1 aliphatic rings. The van der Waals surface area contributed by atoms with E-state index < -0.39 is 5.54 Å². The molecule has 2 rings (SSSR count). The van der Waals surface area contributed by atoms with E-state index in [1.165, 1.54) is 6.07 Å². The van der Waals surface area contributed by atoms with Crippen LogP contribution in [-0.2, 0) is 4.79 Å². The molecule has 0 heterocycles. The fraction of sp³-hybridized carbons (Fsp3) is 0.417. The van der Waals surface area contributed by atoms with Gasteiger partial charge >= 0.3 is 0 Å². The van der Waals surface area contributed by atoms with Gasteiger partial charge in [0.1, 0.15) is 5.75 Å². The predicted molar refractivity (Wildman–Crippen MR) is 69.8 cm³/mol. The molecular formula is C12H15BrN2O2. The van der Waals surface area contributed by atoms with E-state index >= 15 is 0 Å². The van der Waals surface area contributed by atoms with Crippen LogP contribution >= 0.6 is 15.9 Å². The van der Waals surface area contributed by atoms with E-state index in [0.29, 0.717) is 18.5 Å². The Bertz CT molecular complexity index is 442. The highest BCUT2D eigenvalue weighted by Gasteiger charge is 2.37. The van der Waals surface area contributed by atoms with Gasteiger partial charge in [-0.15, -0.1) is 0 Å². The third-order valence-electron chi connectivity index (χ3n) is 3.15. The Kier molecular flexibility index (Phi) is 3.40. The molecule has 1 amide bonds. The first-order valence-corrected chi connectivity index (χ1v) is 6.39. The lowest BCUT2D eigenvalue weighted by atomic mass is 9.98. The summed E-state index contributed by atoms with van der Waals surface area (Å²) in [7, 11) is 0. The Labute approximate surface area is 108 Å². The largest absolute Gasteiger partial charge is 0.506 e. The lowest BCUT2D eigenvalue weighted by Crippen LogP contribution is -2.48. The van der Waals surface area contributed by atoms with Gasteiger partial charge in [-0.1, -0.05) is 28.8 Å². The zero-order valence-electron chi connectivity index (χ0n) is 9.37. The number of amides is 1. The minimum atomic E-state index is -0.783. The molecule has 0 unspecified atom stereocenters. The lowest BCUT2D eigenvalue weighted by Gasteiger charge is -2.22. The van der Waals surface area contributed by atoms with Crippen molar-refractivity contribution in [2.24, 2.45) is 5.73 Å². The van der Waals surface area contributed by atoms with Crippen LogP contribution in [0, 0.1) is 0 Å². The number of phenolic OH excluding ortho intramolecular Hbond substituents is 1. The van der Waals surface area contributed by atoms with Gasteiger partial charge in [0.25, 0.3) is 0 Å². The number of anilines is 1. The molecule has 4 nitrogen and oxygen atoms in total. The van der Waals surface area contributed by atoms with E-state index in [9.17, 15) is 9.90 Å². The van der Waals surface area contributed by atoms with Crippen LogP contribution in [-0.4, -0.2) is 16.6 Å². The Morgan fingerprint density at radius 1 is 1.41 bits per heavy atom. The number of halogens is 1. The van der Waals surface area contributed by atoms with Gasteiger partial charge in [0.2, 0.25) is 5.91 Å². The van der Waals surface area contributed by atoms with Crippen LogP contribution in [0.4, 0.5) is 5.69 Å². The summed E-state index contributed by atoms with van der Waals surface area (Å²) in [6.07, 6.45) is 3.37. The minimum Gasteiger partial charge on any atom is -0.506 e.